The van der Waals surface area contributed by atoms with Gasteiger partial charge in [0.25, 0.3) is 0 Å². The average Bonchev–Trinajstić information content (AvgIpc) is 2.13. The fraction of sp³-hybridized carbons (Fsp3) is 0.300. The summed E-state index contributed by atoms with van der Waals surface area (Å²) in [7, 11) is 0. The SMILES string of the molecule is O=C(CCC(F)(F)F)c1ccc(Cl)cc1Cl. The molecule has 0 unspecified atom stereocenters. The van der Waals surface area contributed by atoms with Crippen LogP contribution in [0.2, 0.25) is 10.0 Å². The molecule has 0 radical (unpaired) electrons. The van der Waals surface area contributed by atoms with E-state index in [4.69, 9.17) is 23.2 Å². The number of rotatable bonds is 3. The highest BCUT2D eigenvalue weighted by Gasteiger charge is 2.28. The van der Waals surface area contributed by atoms with Crippen molar-refractivity contribution < 1.29 is 18.0 Å². The summed E-state index contributed by atoms with van der Waals surface area (Å²) in [6.07, 6.45) is -6.09. The molecule has 0 aromatic heterocycles. The zero-order valence-electron chi connectivity index (χ0n) is 7.94. The molecule has 88 valence electrons. The fourth-order valence-electron chi connectivity index (χ4n) is 1.11. The van der Waals surface area contributed by atoms with Crippen LogP contribution in [0.15, 0.2) is 18.2 Å². The van der Waals surface area contributed by atoms with Gasteiger partial charge in [0, 0.05) is 17.0 Å². The van der Waals surface area contributed by atoms with Crippen LogP contribution >= 0.6 is 23.2 Å². The number of carbonyl (C=O) groups is 1. The van der Waals surface area contributed by atoms with Gasteiger partial charge in [-0.05, 0) is 18.2 Å². The van der Waals surface area contributed by atoms with E-state index in [9.17, 15) is 18.0 Å². The van der Waals surface area contributed by atoms with Gasteiger partial charge in [-0.1, -0.05) is 23.2 Å². The van der Waals surface area contributed by atoms with Gasteiger partial charge in [0.2, 0.25) is 0 Å². The van der Waals surface area contributed by atoms with E-state index in [1.807, 2.05) is 0 Å². The normalized spacial score (nSPS) is 11.6. The maximum atomic E-state index is 11.9. The van der Waals surface area contributed by atoms with Crippen LogP contribution < -0.4 is 0 Å². The lowest BCUT2D eigenvalue weighted by molar-refractivity contribution is -0.133. The largest absolute Gasteiger partial charge is 0.389 e. The number of alkyl halides is 3. The molecule has 0 aliphatic rings. The van der Waals surface area contributed by atoms with Crippen LogP contribution in [-0.2, 0) is 0 Å². The molecule has 0 spiro atoms. The Labute approximate surface area is 100 Å². The number of benzene rings is 1. The Morgan fingerprint density at radius 3 is 2.38 bits per heavy atom. The summed E-state index contributed by atoms with van der Waals surface area (Å²) in [5, 5.41) is 0.400. The predicted molar refractivity (Wildman–Crippen MR) is 56.1 cm³/mol. The van der Waals surface area contributed by atoms with E-state index >= 15 is 0 Å². The third-order valence-electron chi connectivity index (χ3n) is 1.87. The van der Waals surface area contributed by atoms with Gasteiger partial charge < -0.3 is 0 Å². The Bertz CT molecular complexity index is 402. The summed E-state index contributed by atoms with van der Waals surface area (Å²) in [5.74, 6) is -0.640. The van der Waals surface area contributed by atoms with Gasteiger partial charge in [0.05, 0.1) is 11.4 Å². The van der Waals surface area contributed by atoms with E-state index < -0.39 is 24.8 Å². The molecule has 0 N–H and O–H groups in total. The predicted octanol–water partition coefficient (Wildman–Crippen LogP) is 4.52. The van der Waals surface area contributed by atoms with E-state index in [2.05, 4.69) is 0 Å². The molecule has 0 aliphatic carbocycles. The van der Waals surface area contributed by atoms with E-state index in [1.54, 1.807) is 0 Å². The minimum atomic E-state index is -4.34. The van der Waals surface area contributed by atoms with Crippen molar-refractivity contribution in [2.24, 2.45) is 0 Å². The molecule has 0 aliphatic heterocycles. The standard InChI is InChI=1S/C10H7Cl2F3O/c11-6-1-2-7(8(12)5-6)9(16)3-4-10(13,14)15/h1-2,5H,3-4H2. The van der Waals surface area contributed by atoms with Crippen molar-refractivity contribution in [1.29, 1.82) is 0 Å². The Morgan fingerprint density at radius 1 is 1.25 bits per heavy atom. The van der Waals surface area contributed by atoms with Gasteiger partial charge in [-0.2, -0.15) is 13.2 Å². The third-order valence-corrected chi connectivity index (χ3v) is 2.41. The molecular formula is C10H7Cl2F3O. The Kier molecular flexibility index (Phi) is 4.21. The van der Waals surface area contributed by atoms with Crippen molar-refractivity contribution in [1.82, 2.24) is 0 Å². The zero-order chi connectivity index (χ0) is 12.3. The molecule has 0 amide bonds. The molecule has 1 aromatic carbocycles. The molecule has 0 bridgehead atoms. The molecule has 0 atom stereocenters. The van der Waals surface area contributed by atoms with Gasteiger partial charge in [0.1, 0.15) is 0 Å². The highest BCUT2D eigenvalue weighted by molar-refractivity contribution is 6.36. The molecule has 1 rings (SSSR count). The number of hydrogen-bond acceptors (Lipinski definition) is 1. The van der Waals surface area contributed by atoms with Crippen molar-refractivity contribution in [2.75, 3.05) is 0 Å². The van der Waals surface area contributed by atoms with E-state index in [1.165, 1.54) is 18.2 Å². The summed E-state index contributed by atoms with van der Waals surface area (Å²) in [6, 6.07) is 4.06. The summed E-state index contributed by atoms with van der Waals surface area (Å²) in [6.45, 7) is 0. The third kappa shape index (κ3) is 4.02. The maximum Gasteiger partial charge on any atom is 0.389 e. The minimum absolute atomic E-state index is 0.0651. The van der Waals surface area contributed by atoms with E-state index in [-0.39, 0.29) is 10.6 Å². The number of halogens is 5. The topological polar surface area (TPSA) is 17.1 Å². The monoisotopic (exact) mass is 270 g/mol. The second kappa shape index (κ2) is 5.06. The molecule has 0 heterocycles. The van der Waals surface area contributed by atoms with Gasteiger partial charge >= 0.3 is 6.18 Å². The first-order valence-corrected chi connectivity index (χ1v) is 5.10. The van der Waals surface area contributed by atoms with Gasteiger partial charge in [-0.3, -0.25) is 4.79 Å². The van der Waals surface area contributed by atoms with Crippen molar-refractivity contribution in [3.8, 4) is 0 Å². The molecule has 0 fully saturated rings. The summed E-state index contributed by atoms with van der Waals surface area (Å²) >= 11 is 11.3. The molecule has 1 aromatic rings. The molecule has 16 heavy (non-hydrogen) atoms. The smallest absolute Gasteiger partial charge is 0.294 e. The Balaban J connectivity index is 2.74. The minimum Gasteiger partial charge on any atom is -0.294 e. The highest BCUT2D eigenvalue weighted by Crippen LogP contribution is 2.26. The lowest BCUT2D eigenvalue weighted by Gasteiger charge is -2.06. The van der Waals surface area contributed by atoms with Crippen LogP contribution in [0.3, 0.4) is 0 Å². The molecule has 0 saturated heterocycles. The Hall–Kier alpha value is -0.740. The summed E-state index contributed by atoms with van der Waals surface area (Å²) in [5.41, 5.74) is 0.0651. The maximum absolute atomic E-state index is 11.9. The van der Waals surface area contributed by atoms with E-state index in [0.717, 1.165) is 0 Å². The molecule has 0 saturated carbocycles. The number of ketones is 1. The lowest BCUT2D eigenvalue weighted by Crippen LogP contribution is -2.11. The average molecular weight is 271 g/mol. The summed E-state index contributed by atoms with van der Waals surface area (Å²) < 4.78 is 35.7. The second-order valence-corrected chi connectivity index (χ2v) is 4.01. The fourth-order valence-corrected chi connectivity index (χ4v) is 1.62. The lowest BCUT2D eigenvalue weighted by atomic mass is 10.1. The van der Waals surface area contributed by atoms with Gasteiger partial charge in [0.15, 0.2) is 5.78 Å². The second-order valence-electron chi connectivity index (χ2n) is 3.16. The van der Waals surface area contributed by atoms with Gasteiger partial charge in [-0.15, -0.1) is 0 Å². The quantitative estimate of drug-likeness (QED) is 0.739. The van der Waals surface area contributed by atoms with Crippen molar-refractivity contribution in [2.45, 2.75) is 19.0 Å². The van der Waals surface area contributed by atoms with Crippen LogP contribution in [0.5, 0.6) is 0 Å². The molecular weight excluding hydrogens is 264 g/mol. The van der Waals surface area contributed by atoms with Crippen molar-refractivity contribution in [3.63, 3.8) is 0 Å². The Morgan fingerprint density at radius 2 is 1.88 bits per heavy atom. The first-order chi connectivity index (χ1) is 7.29. The summed E-state index contributed by atoms with van der Waals surface area (Å²) in [4.78, 5) is 11.4. The first kappa shape index (κ1) is 13.3. The molecule has 1 nitrogen and oxygen atoms in total. The van der Waals surface area contributed by atoms with Crippen LogP contribution in [0.25, 0.3) is 0 Å². The van der Waals surface area contributed by atoms with Crippen LogP contribution in [0.1, 0.15) is 23.2 Å². The van der Waals surface area contributed by atoms with Crippen LogP contribution in [-0.4, -0.2) is 12.0 Å². The first-order valence-electron chi connectivity index (χ1n) is 4.34. The zero-order valence-corrected chi connectivity index (χ0v) is 9.46. The highest BCUT2D eigenvalue weighted by atomic mass is 35.5. The van der Waals surface area contributed by atoms with Crippen LogP contribution in [0, 0.1) is 0 Å². The van der Waals surface area contributed by atoms with Crippen LogP contribution in [0.4, 0.5) is 13.2 Å². The van der Waals surface area contributed by atoms with Crippen molar-refractivity contribution >= 4 is 29.0 Å². The number of Topliss-reactive ketones (excluding diaryl/α,β-unsaturated/α-hetero) is 1. The molecule has 6 heteroatoms. The van der Waals surface area contributed by atoms with Gasteiger partial charge in [-0.25, -0.2) is 0 Å². The van der Waals surface area contributed by atoms with Crippen molar-refractivity contribution in [3.05, 3.63) is 33.8 Å². The number of carbonyl (C=O) groups excluding carboxylic acids is 1. The number of hydrogen-bond donors (Lipinski definition) is 0. The van der Waals surface area contributed by atoms with E-state index in [0.29, 0.717) is 5.02 Å².